The second-order valence-corrected chi connectivity index (χ2v) is 5.15. The molecule has 0 saturated heterocycles. The van der Waals surface area contributed by atoms with Crippen molar-refractivity contribution in [2.75, 3.05) is 0 Å². The number of para-hydroxylation sites is 1. The number of benzene rings is 2. The van der Waals surface area contributed by atoms with Crippen molar-refractivity contribution in [3.05, 3.63) is 64.8 Å². The fourth-order valence-electron chi connectivity index (χ4n) is 2.13. The lowest BCUT2D eigenvalue weighted by Gasteiger charge is -2.04. The van der Waals surface area contributed by atoms with Crippen molar-refractivity contribution in [2.45, 2.75) is 13.0 Å². The van der Waals surface area contributed by atoms with Gasteiger partial charge in [0, 0.05) is 17.0 Å². The number of carbonyl (C=O) groups is 1. The van der Waals surface area contributed by atoms with E-state index in [1.165, 1.54) is 0 Å². The topological polar surface area (TPSA) is 55.1 Å². The van der Waals surface area contributed by atoms with Crippen molar-refractivity contribution in [3.8, 4) is 0 Å². The first-order chi connectivity index (χ1) is 10.2. The summed E-state index contributed by atoms with van der Waals surface area (Å²) in [4.78, 5) is 12.0. The second kappa shape index (κ2) is 5.97. The summed E-state index contributed by atoms with van der Waals surface area (Å²) in [7, 11) is 0. The average molecular weight is 301 g/mol. The molecule has 1 aromatic heterocycles. The molecular formula is C16H13ClN2O2. The number of halogens is 1. The summed E-state index contributed by atoms with van der Waals surface area (Å²) < 4.78 is 5.18. The number of amides is 1. The van der Waals surface area contributed by atoms with Crippen LogP contribution in [0.25, 0.3) is 11.0 Å². The number of fused-ring (bicyclic) bond motifs is 1. The molecule has 5 heteroatoms. The van der Waals surface area contributed by atoms with E-state index in [0.717, 1.165) is 10.9 Å². The predicted octanol–water partition coefficient (Wildman–Crippen LogP) is 3.34. The molecule has 3 rings (SSSR count). The minimum absolute atomic E-state index is 0.103. The maximum atomic E-state index is 12.0. The van der Waals surface area contributed by atoms with E-state index >= 15 is 0 Å². The zero-order valence-corrected chi connectivity index (χ0v) is 11.9. The smallest absolute Gasteiger partial charge is 0.226 e. The molecule has 3 aromatic rings. The van der Waals surface area contributed by atoms with Gasteiger partial charge in [-0.1, -0.05) is 41.0 Å². The van der Waals surface area contributed by atoms with Gasteiger partial charge >= 0.3 is 0 Å². The van der Waals surface area contributed by atoms with Gasteiger partial charge in [-0.15, -0.1) is 0 Å². The summed E-state index contributed by atoms with van der Waals surface area (Å²) >= 11 is 5.91. The Morgan fingerprint density at radius 1 is 1.19 bits per heavy atom. The number of aromatic nitrogens is 1. The normalized spacial score (nSPS) is 10.7. The number of nitrogens with one attached hydrogen (secondary N) is 1. The summed E-state index contributed by atoms with van der Waals surface area (Å²) in [6.45, 7) is 0.440. The Bertz CT molecular complexity index is 783. The average Bonchev–Trinajstić information content (AvgIpc) is 2.89. The zero-order valence-electron chi connectivity index (χ0n) is 11.2. The minimum atomic E-state index is -0.103. The SMILES string of the molecule is O=C(Cc1noc2ccccc12)NCc1cccc(Cl)c1. The van der Waals surface area contributed by atoms with E-state index in [4.69, 9.17) is 16.1 Å². The molecule has 106 valence electrons. The monoisotopic (exact) mass is 300 g/mol. The molecule has 4 nitrogen and oxygen atoms in total. The van der Waals surface area contributed by atoms with Crippen LogP contribution in [-0.4, -0.2) is 11.1 Å². The molecule has 21 heavy (non-hydrogen) atoms. The highest BCUT2D eigenvalue weighted by Crippen LogP contribution is 2.18. The third kappa shape index (κ3) is 3.23. The van der Waals surface area contributed by atoms with E-state index in [1.54, 1.807) is 6.07 Å². The van der Waals surface area contributed by atoms with Crippen LogP contribution in [0, 0.1) is 0 Å². The highest BCUT2D eigenvalue weighted by atomic mass is 35.5. The van der Waals surface area contributed by atoms with Gasteiger partial charge in [0.05, 0.1) is 6.42 Å². The molecule has 0 atom stereocenters. The summed E-state index contributed by atoms with van der Waals surface area (Å²) in [6.07, 6.45) is 0.192. The Morgan fingerprint density at radius 2 is 2.05 bits per heavy atom. The van der Waals surface area contributed by atoms with Gasteiger partial charge in [0.2, 0.25) is 5.91 Å². The largest absolute Gasteiger partial charge is 0.356 e. The van der Waals surface area contributed by atoms with Crippen LogP contribution in [0.3, 0.4) is 0 Å². The van der Waals surface area contributed by atoms with Crippen LogP contribution in [0.1, 0.15) is 11.3 Å². The summed E-state index contributed by atoms with van der Waals surface area (Å²) in [5.74, 6) is -0.103. The molecular weight excluding hydrogens is 288 g/mol. The number of carbonyl (C=O) groups excluding carboxylic acids is 1. The molecule has 1 heterocycles. The van der Waals surface area contributed by atoms with Gasteiger partial charge in [-0.2, -0.15) is 0 Å². The number of hydrogen-bond donors (Lipinski definition) is 1. The van der Waals surface area contributed by atoms with Crippen LogP contribution in [0.2, 0.25) is 5.02 Å². The Balaban J connectivity index is 1.64. The predicted molar refractivity (Wildman–Crippen MR) is 81.0 cm³/mol. The van der Waals surface area contributed by atoms with Gasteiger partial charge in [0.15, 0.2) is 5.58 Å². The van der Waals surface area contributed by atoms with Gasteiger partial charge in [0.1, 0.15) is 5.69 Å². The fraction of sp³-hybridized carbons (Fsp3) is 0.125. The van der Waals surface area contributed by atoms with Crippen LogP contribution >= 0.6 is 11.6 Å². The third-order valence-electron chi connectivity index (χ3n) is 3.16. The molecule has 0 saturated carbocycles. The van der Waals surface area contributed by atoms with Gasteiger partial charge in [-0.25, -0.2) is 0 Å². The van der Waals surface area contributed by atoms with E-state index < -0.39 is 0 Å². The van der Waals surface area contributed by atoms with Crippen molar-refractivity contribution in [1.29, 1.82) is 0 Å². The molecule has 0 radical (unpaired) electrons. The van der Waals surface area contributed by atoms with E-state index in [0.29, 0.717) is 22.8 Å². The van der Waals surface area contributed by atoms with Gasteiger partial charge in [-0.05, 0) is 29.8 Å². The lowest BCUT2D eigenvalue weighted by molar-refractivity contribution is -0.120. The first-order valence-electron chi connectivity index (χ1n) is 6.57. The van der Waals surface area contributed by atoms with Gasteiger partial charge < -0.3 is 9.84 Å². The molecule has 0 bridgehead atoms. The summed E-state index contributed by atoms with van der Waals surface area (Å²) in [5, 5.41) is 8.32. The molecule has 2 aromatic carbocycles. The molecule has 0 fully saturated rings. The molecule has 0 spiro atoms. The van der Waals surface area contributed by atoms with E-state index in [2.05, 4.69) is 10.5 Å². The Kier molecular flexibility index (Phi) is 3.88. The van der Waals surface area contributed by atoms with Crippen molar-refractivity contribution >= 4 is 28.5 Å². The van der Waals surface area contributed by atoms with E-state index in [9.17, 15) is 4.79 Å². The Hall–Kier alpha value is -2.33. The van der Waals surface area contributed by atoms with Crippen LogP contribution in [0.5, 0.6) is 0 Å². The third-order valence-corrected chi connectivity index (χ3v) is 3.39. The lowest BCUT2D eigenvalue weighted by atomic mass is 10.1. The first kappa shape index (κ1) is 13.6. The van der Waals surface area contributed by atoms with Crippen LogP contribution < -0.4 is 5.32 Å². The zero-order chi connectivity index (χ0) is 14.7. The quantitative estimate of drug-likeness (QED) is 0.804. The fourth-order valence-corrected chi connectivity index (χ4v) is 2.34. The first-order valence-corrected chi connectivity index (χ1v) is 6.94. The highest BCUT2D eigenvalue weighted by molar-refractivity contribution is 6.30. The molecule has 0 aliphatic carbocycles. The number of rotatable bonds is 4. The highest BCUT2D eigenvalue weighted by Gasteiger charge is 2.11. The van der Waals surface area contributed by atoms with Crippen LogP contribution in [0.4, 0.5) is 0 Å². The van der Waals surface area contributed by atoms with Crippen molar-refractivity contribution in [1.82, 2.24) is 10.5 Å². The van der Waals surface area contributed by atoms with Crippen molar-refractivity contribution in [2.24, 2.45) is 0 Å². The molecule has 0 aliphatic heterocycles. The molecule has 0 aliphatic rings. The summed E-state index contributed by atoms with van der Waals surface area (Å²) in [6, 6.07) is 14.9. The van der Waals surface area contributed by atoms with E-state index in [1.807, 2.05) is 42.5 Å². The molecule has 1 amide bonds. The Labute approximate surface area is 126 Å². The maximum absolute atomic E-state index is 12.0. The second-order valence-electron chi connectivity index (χ2n) is 4.71. The number of nitrogens with zero attached hydrogens (tertiary/aromatic N) is 1. The van der Waals surface area contributed by atoms with Crippen LogP contribution in [-0.2, 0) is 17.8 Å². The maximum Gasteiger partial charge on any atom is 0.226 e. The Morgan fingerprint density at radius 3 is 2.90 bits per heavy atom. The van der Waals surface area contributed by atoms with Gasteiger partial charge in [-0.3, -0.25) is 4.79 Å². The summed E-state index contributed by atoms with van der Waals surface area (Å²) in [5.41, 5.74) is 2.30. The lowest BCUT2D eigenvalue weighted by Crippen LogP contribution is -2.24. The van der Waals surface area contributed by atoms with Crippen molar-refractivity contribution in [3.63, 3.8) is 0 Å². The number of hydrogen-bond acceptors (Lipinski definition) is 3. The molecule has 0 unspecified atom stereocenters. The van der Waals surface area contributed by atoms with Gasteiger partial charge in [0.25, 0.3) is 0 Å². The molecule has 1 N–H and O–H groups in total. The van der Waals surface area contributed by atoms with E-state index in [-0.39, 0.29) is 12.3 Å². The van der Waals surface area contributed by atoms with Crippen LogP contribution in [0.15, 0.2) is 53.1 Å². The minimum Gasteiger partial charge on any atom is -0.356 e. The standard InChI is InChI=1S/C16H13ClN2O2/c17-12-5-3-4-11(8-12)10-18-16(20)9-14-13-6-1-2-7-15(13)21-19-14/h1-8H,9-10H2,(H,18,20). The van der Waals surface area contributed by atoms with Crippen molar-refractivity contribution < 1.29 is 9.32 Å².